The van der Waals surface area contributed by atoms with Gasteiger partial charge in [-0.2, -0.15) is 12.1 Å². The predicted octanol–water partition coefficient (Wildman–Crippen LogP) is 11.4. The Morgan fingerprint density at radius 1 is 0.537 bits per heavy atom. The first kappa shape index (κ1) is 30.9. The van der Waals surface area contributed by atoms with Crippen LogP contribution in [-0.2, 0) is 31.3 Å². The Morgan fingerprint density at radius 3 is 1.32 bits per heavy atom. The molecule has 0 bridgehead atoms. The summed E-state index contributed by atoms with van der Waals surface area (Å²) in [6.07, 6.45) is 3.73. The third-order valence-corrected chi connectivity index (χ3v) is 9.60. The van der Waals surface area contributed by atoms with E-state index in [0.29, 0.717) is 0 Å². The van der Waals surface area contributed by atoms with Crippen molar-refractivity contribution < 1.29 is 25.8 Å². The molecule has 1 aliphatic rings. The van der Waals surface area contributed by atoms with Crippen molar-refractivity contribution in [1.82, 2.24) is 0 Å². The van der Waals surface area contributed by atoms with Gasteiger partial charge in [-0.15, -0.1) is 69.1 Å². The molecule has 0 N–H and O–H groups in total. The van der Waals surface area contributed by atoms with Crippen LogP contribution in [0.2, 0.25) is 0 Å². The fraction of sp³-hybridized carbons (Fsp3) is 0.200. The smallest absolute Gasteiger partial charge is 0.358 e. The minimum absolute atomic E-state index is 0. The number of hydrogen-bond acceptors (Lipinski definition) is 0. The van der Waals surface area contributed by atoms with Crippen LogP contribution in [0.4, 0.5) is 0 Å². The zero-order valence-corrected chi connectivity index (χ0v) is 29.0. The van der Waals surface area contributed by atoms with Crippen molar-refractivity contribution in [2.24, 2.45) is 0 Å². The molecule has 0 aliphatic heterocycles. The van der Waals surface area contributed by atoms with Crippen LogP contribution in [-0.4, -0.2) is 0 Å². The van der Waals surface area contributed by atoms with E-state index in [4.69, 9.17) is 0 Å². The molecule has 7 rings (SSSR count). The summed E-state index contributed by atoms with van der Waals surface area (Å²) in [6.45, 7) is 8.93. The normalized spacial score (nSPS) is 13.7. The maximum Gasteiger partial charge on any atom is 4.00 e. The fourth-order valence-electron chi connectivity index (χ4n) is 6.85. The zero-order valence-electron chi connectivity index (χ0n) is 25.4. The van der Waals surface area contributed by atoms with E-state index in [1.165, 1.54) is 96.4 Å². The molecular formula is C40H40Hf. The molecule has 0 amide bonds. The van der Waals surface area contributed by atoms with Crippen molar-refractivity contribution >= 4 is 21.5 Å². The third kappa shape index (κ3) is 4.81. The van der Waals surface area contributed by atoms with Gasteiger partial charge in [0.15, 0.2) is 0 Å². The maximum absolute atomic E-state index is 2.51. The van der Waals surface area contributed by atoms with Crippen LogP contribution < -0.4 is 0 Å². The van der Waals surface area contributed by atoms with Crippen molar-refractivity contribution in [3.8, 4) is 22.3 Å². The van der Waals surface area contributed by atoms with Gasteiger partial charge in [0.1, 0.15) is 0 Å². The second-order valence-corrected chi connectivity index (χ2v) is 11.5. The molecule has 1 aliphatic carbocycles. The monoisotopic (exact) mass is 700 g/mol. The molecule has 6 aromatic carbocycles. The Morgan fingerprint density at radius 2 is 0.927 bits per heavy atom. The van der Waals surface area contributed by atoms with Gasteiger partial charge < -0.3 is 14.9 Å². The van der Waals surface area contributed by atoms with Gasteiger partial charge in [0.25, 0.3) is 0 Å². The van der Waals surface area contributed by atoms with Gasteiger partial charge in [0.2, 0.25) is 0 Å². The molecule has 41 heavy (non-hydrogen) atoms. The first-order chi connectivity index (χ1) is 18.5. The molecule has 0 heterocycles. The topological polar surface area (TPSA) is 0 Å². The number of hydrogen-bond donors (Lipinski definition) is 0. The van der Waals surface area contributed by atoms with Crippen LogP contribution in [0, 0.1) is 42.5 Å². The molecule has 1 saturated carbocycles. The molecule has 0 radical (unpaired) electrons. The molecule has 0 saturated heterocycles. The number of benzene rings is 4. The van der Waals surface area contributed by atoms with Crippen molar-refractivity contribution in [1.29, 1.82) is 0 Å². The Balaban J connectivity index is 0.00000129. The molecule has 204 valence electrons. The SMILES string of the molecule is Cc1cccc(-c2cccc3[cH-]c(C4(c5cc6c(-c7cccc(C)c7C)cccc6[cH-]5)CCC4)cc23)c1C.[CH3-].[CH3-].[Hf+4]. The van der Waals surface area contributed by atoms with Crippen LogP contribution >= 0.6 is 0 Å². The van der Waals surface area contributed by atoms with Gasteiger partial charge in [-0.3, -0.25) is 0 Å². The summed E-state index contributed by atoms with van der Waals surface area (Å²) < 4.78 is 0. The van der Waals surface area contributed by atoms with E-state index in [0.717, 1.165) is 0 Å². The largest absolute Gasteiger partial charge is 4.00 e. The second-order valence-electron chi connectivity index (χ2n) is 11.5. The van der Waals surface area contributed by atoms with Crippen LogP contribution in [0.15, 0.2) is 97.1 Å². The van der Waals surface area contributed by atoms with Gasteiger partial charge in [0, 0.05) is 0 Å². The van der Waals surface area contributed by atoms with E-state index >= 15 is 0 Å². The molecule has 1 heteroatoms. The van der Waals surface area contributed by atoms with Crippen LogP contribution in [0.25, 0.3) is 43.8 Å². The van der Waals surface area contributed by atoms with E-state index in [9.17, 15) is 0 Å². The maximum atomic E-state index is 2.51. The molecule has 6 aromatic rings. The van der Waals surface area contributed by atoms with E-state index < -0.39 is 0 Å². The fourth-order valence-corrected chi connectivity index (χ4v) is 6.85. The van der Waals surface area contributed by atoms with Crippen molar-refractivity contribution in [2.75, 3.05) is 0 Å². The summed E-state index contributed by atoms with van der Waals surface area (Å²) in [6, 6.07) is 37.0. The Kier molecular flexibility index (Phi) is 8.81. The average molecular weight is 699 g/mol. The first-order valence-corrected chi connectivity index (χ1v) is 14.0. The Bertz CT molecular complexity index is 1710. The van der Waals surface area contributed by atoms with Crippen molar-refractivity contribution in [3.05, 3.63) is 145 Å². The second kappa shape index (κ2) is 11.7. The van der Waals surface area contributed by atoms with E-state index in [1.807, 2.05) is 0 Å². The minimum Gasteiger partial charge on any atom is -0.358 e. The van der Waals surface area contributed by atoms with Gasteiger partial charge in [-0.05, 0) is 79.3 Å². The van der Waals surface area contributed by atoms with Gasteiger partial charge in [-0.1, -0.05) is 66.1 Å². The molecular weight excluding hydrogens is 659 g/mol. The third-order valence-electron chi connectivity index (χ3n) is 9.60. The van der Waals surface area contributed by atoms with E-state index in [1.54, 1.807) is 0 Å². The van der Waals surface area contributed by atoms with Crippen molar-refractivity contribution in [3.63, 3.8) is 0 Å². The van der Waals surface area contributed by atoms with Crippen molar-refractivity contribution in [2.45, 2.75) is 52.4 Å². The van der Waals surface area contributed by atoms with Crippen LogP contribution in [0.1, 0.15) is 52.6 Å². The zero-order chi connectivity index (χ0) is 26.0. The minimum atomic E-state index is 0. The summed E-state index contributed by atoms with van der Waals surface area (Å²) in [7, 11) is 0. The summed E-state index contributed by atoms with van der Waals surface area (Å²) >= 11 is 0. The number of aryl methyl sites for hydroxylation is 2. The van der Waals surface area contributed by atoms with E-state index in [-0.39, 0.29) is 46.1 Å². The summed E-state index contributed by atoms with van der Waals surface area (Å²) in [5, 5.41) is 5.48. The van der Waals surface area contributed by atoms with Gasteiger partial charge in [-0.25, -0.2) is 0 Å². The summed E-state index contributed by atoms with van der Waals surface area (Å²) in [5.41, 5.74) is 14.0. The van der Waals surface area contributed by atoms with E-state index in [2.05, 4.69) is 125 Å². The standard InChI is InChI=1S/C38H34.2CH3.Hf/c1-24-10-5-14-32(26(24)3)34-16-7-12-28-20-30(22-36(28)34)38(18-9-19-38)31-21-29-13-8-17-35(37(29)23-31)33-15-6-11-25(2)27(33)4;;;/h5-8,10-17,20-23H,9,18-19H2,1-4H3;2*1H3;/q-2;2*-1;+4. The Hall–Kier alpha value is -3.03. The molecule has 0 atom stereocenters. The number of fused-ring (bicyclic) bond motifs is 2. The summed E-state index contributed by atoms with van der Waals surface area (Å²) in [4.78, 5) is 0. The molecule has 1 fully saturated rings. The van der Waals surface area contributed by atoms with Crippen LogP contribution in [0.3, 0.4) is 0 Å². The molecule has 0 unspecified atom stereocenters. The first-order valence-electron chi connectivity index (χ1n) is 14.0. The molecule has 0 aromatic heterocycles. The average Bonchev–Trinajstić information content (AvgIpc) is 3.52. The van der Waals surface area contributed by atoms with Gasteiger partial charge in [0.05, 0.1) is 0 Å². The van der Waals surface area contributed by atoms with Gasteiger partial charge >= 0.3 is 25.8 Å². The Labute approximate surface area is 266 Å². The molecule has 0 spiro atoms. The summed E-state index contributed by atoms with van der Waals surface area (Å²) in [5.74, 6) is 0. The number of rotatable bonds is 4. The molecule has 0 nitrogen and oxygen atoms in total. The quantitative estimate of drug-likeness (QED) is 0.127. The predicted molar refractivity (Wildman–Crippen MR) is 176 cm³/mol. The van der Waals surface area contributed by atoms with Crippen LogP contribution in [0.5, 0.6) is 0 Å².